The van der Waals surface area contributed by atoms with Crippen LogP contribution in [0.25, 0.3) is 11.1 Å². The van der Waals surface area contributed by atoms with Crippen molar-refractivity contribution in [3.05, 3.63) is 101 Å². The number of pyridine rings is 1. The van der Waals surface area contributed by atoms with Crippen LogP contribution in [0, 0.1) is 0 Å². The Morgan fingerprint density at radius 1 is 1.00 bits per heavy atom. The first-order chi connectivity index (χ1) is 15.7. The number of carbonyl (C=O) groups is 1. The van der Waals surface area contributed by atoms with Gasteiger partial charge < -0.3 is 15.7 Å². The van der Waals surface area contributed by atoms with Gasteiger partial charge in [-0.25, -0.2) is 4.79 Å². The molecule has 2 aromatic heterocycles. The second-order valence-corrected chi connectivity index (χ2v) is 8.43. The molecule has 4 aromatic rings. The van der Waals surface area contributed by atoms with E-state index in [0.29, 0.717) is 6.54 Å². The zero-order valence-corrected chi connectivity index (χ0v) is 18.3. The van der Waals surface area contributed by atoms with E-state index in [-0.39, 0.29) is 11.6 Å². The number of nitrogens with zero attached hydrogens (tertiary/aromatic N) is 2. The molecule has 32 heavy (non-hydrogen) atoms. The average Bonchev–Trinajstić information content (AvgIpc) is 3.35. The summed E-state index contributed by atoms with van der Waals surface area (Å²) in [7, 11) is 0. The third kappa shape index (κ3) is 6.00. The summed E-state index contributed by atoms with van der Waals surface area (Å²) in [5.41, 5.74) is 5.86. The molecule has 0 spiro atoms. The van der Waals surface area contributed by atoms with Gasteiger partial charge in [-0.3, -0.25) is 9.97 Å². The molecule has 0 radical (unpaired) electrons. The Hall–Kier alpha value is -3.55. The summed E-state index contributed by atoms with van der Waals surface area (Å²) in [5, 5.41) is 16.6. The third-order valence-corrected chi connectivity index (χ3v) is 5.90. The Kier molecular flexibility index (Phi) is 7.22. The molecule has 0 bridgehead atoms. The van der Waals surface area contributed by atoms with Crippen molar-refractivity contribution in [1.82, 2.24) is 15.3 Å². The van der Waals surface area contributed by atoms with E-state index in [1.54, 1.807) is 35.9 Å². The van der Waals surface area contributed by atoms with Gasteiger partial charge >= 0.3 is 5.97 Å². The van der Waals surface area contributed by atoms with Gasteiger partial charge in [0.05, 0.1) is 11.1 Å². The Labute approximate surface area is 191 Å². The first-order valence-electron chi connectivity index (χ1n) is 10.3. The number of anilines is 1. The van der Waals surface area contributed by atoms with Gasteiger partial charge in [0, 0.05) is 48.3 Å². The number of aromatic carboxylic acids is 1. The van der Waals surface area contributed by atoms with E-state index >= 15 is 0 Å². The highest BCUT2D eigenvalue weighted by Gasteiger charge is 2.13. The van der Waals surface area contributed by atoms with Crippen LogP contribution in [-0.2, 0) is 13.0 Å². The molecule has 0 aliphatic heterocycles. The number of nitrogens with one attached hydrogen (secondary N) is 2. The lowest BCUT2D eigenvalue weighted by Crippen LogP contribution is -2.36. The molecule has 1 atom stereocenters. The van der Waals surface area contributed by atoms with Gasteiger partial charge in [-0.1, -0.05) is 30.3 Å². The van der Waals surface area contributed by atoms with Crippen molar-refractivity contribution in [3.63, 3.8) is 0 Å². The van der Waals surface area contributed by atoms with Gasteiger partial charge in [-0.05, 0) is 53.4 Å². The standard InChI is InChI=1S/C25H24N4O2S/c30-25(31)21-11-20(19-6-8-26-9-7-19)12-22(13-21)28-14-23(10-18-4-2-1-3-5-18)29-16-24-15-27-17-32-24/h1-9,11-13,15,17,23,28-29H,10,14,16H2,(H,30,31). The summed E-state index contributed by atoms with van der Waals surface area (Å²) in [6.07, 6.45) is 6.13. The zero-order valence-electron chi connectivity index (χ0n) is 17.4. The molecule has 0 saturated carbocycles. The maximum Gasteiger partial charge on any atom is 0.335 e. The van der Waals surface area contributed by atoms with Crippen LogP contribution in [0.4, 0.5) is 5.69 Å². The van der Waals surface area contributed by atoms with Crippen LogP contribution in [-0.4, -0.2) is 33.6 Å². The summed E-state index contributed by atoms with van der Waals surface area (Å²) in [6.45, 7) is 1.38. The molecular formula is C25H24N4O2S. The van der Waals surface area contributed by atoms with Crippen LogP contribution < -0.4 is 10.6 Å². The van der Waals surface area contributed by atoms with Crippen LogP contribution in [0.1, 0.15) is 20.8 Å². The molecule has 0 aliphatic carbocycles. The highest BCUT2D eigenvalue weighted by molar-refractivity contribution is 7.09. The van der Waals surface area contributed by atoms with Crippen LogP contribution >= 0.6 is 11.3 Å². The molecule has 162 valence electrons. The van der Waals surface area contributed by atoms with Gasteiger partial charge in [0.25, 0.3) is 0 Å². The van der Waals surface area contributed by atoms with Crippen LogP contribution in [0.3, 0.4) is 0 Å². The summed E-state index contributed by atoms with van der Waals surface area (Å²) in [5.74, 6) is -0.951. The fraction of sp³-hybridized carbons (Fsp3) is 0.160. The van der Waals surface area contributed by atoms with Gasteiger partial charge in [-0.2, -0.15) is 0 Å². The Morgan fingerprint density at radius 3 is 2.53 bits per heavy atom. The van der Waals surface area contributed by atoms with Crippen molar-refractivity contribution in [3.8, 4) is 11.1 Å². The largest absolute Gasteiger partial charge is 0.478 e. The number of benzene rings is 2. The molecule has 3 N–H and O–H groups in total. The van der Waals surface area contributed by atoms with Crippen LogP contribution in [0.15, 0.2) is 84.8 Å². The van der Waals surface area contributed by atoms with Crippen molar-refractivity contribution in [1.29, 1.82) is 0 Å². The first kappa shape index (κ1) is 21.7. The van der Waals surface area contributed by atoms with E-state index in [1.165, 1.54) is 10.4 Å². The van der Waals surface area contributed by atoms with E-state index in [0.717, 1.165) is 29.8 Å². The second kappa shape index (κ2) is 10.7. The quantitative estimate of drug-likeness (QED) is 0.328. The molecule has 0 saturated heterocycles. The highest BCUT2D eigenvalue weighted by atomic mass is 32.1. The van der Waals surface area contributed by atoms with E-state index in [4.69, 9.17) is 0 Å². The Balaban J connectivity index is 1.51. The predicted octanol–water partition coefficient (Wildman–Crippen LogP) is 4.72. The maximum atomic E-state index is 11.7. The summed E-state index contributed by atoms with van der Waals surface area (Å²) in [4.78, 5) is 21.1. The minimum absolute atomic E-state index is 0.150. The van der Waals surface area contributed by atoms with Crippen LogP contribution in [0.5, 0.6) is 0 Å². The highest BCUT2D eigenvalue weighted by Crippen LogP contribution is 2.25. The molecule has 7 heteroatoms. The number of hydrogen-bond acceptors (Lipinski definition) is 6. The fourth-order valence-electron chi connectivity index (χ4n) is 3.49. The summed E-state index contributed by atoms with van der Waals surface area (Å²) in [6, 6.07) is 19.6. The normalized spacial score (nSPS) is 11.8. The third-order valence-electron chi connectivity index (χ3n) is 5.12. The number of rotatable bonds is 10. The van der Waals surface area contributed by atoms with Crippen molar-refractivity contribution in [2.24, 2.45) is 0 Å². The zero-order chi connectivity index (χ0) is 22.2. The lowest BCUT2D eigenvalue weighted by atomic mass is 10.0. The number of carboxylic acid groups (broad SMARTS) is 1. The van der Waals surface area contributed by atoms with E-state index in [9.17, 15) is 9.90 Å². The van der Waals surface area contributed by atoms with E-state index in [2.05, 4.69) is 32.7 Å². The Morgan fingerprint density at radius 2 is 1.81 bits per heavy atom. The molecule has 6 nitrogen and oxygen atoms in total. The molecule has 2 aromatic carbocycles. The lowest BCUT2D eigenvalue weighted by molar-refractivity contribution is 0.0697. The number of thiazole rings is 1. The van der Waals surface area contributed by atoms with Crippen molar-refractivity contribution >= 4 is 23.0 Å². The van der Waals surface area contributed by atoms with E-state index < -0.39 is 5.97 Å². The molecule has 2 heterocycles. The molecular weight excluding hydrogens is 420 g/mol. The molecule has 4 rings (SSSR count). The summed E-state index contributed by atoms with van der Waals surface area (Å²) < 4.78 is 0. The van der Waals surface area contributed by atoms with Gasteiger partial charge in [0.15, 0.2) is 0 Å². The molecule has 1 unspecified atom stereocenters. The number of carboxylic acids is 1. The summed E-state index contributed by atoms with van der Waals surface area (Å²) >= 11 is 1.63. The molecule has 0 aliphatic rings. The molecule has 0 amide bonds. The maximum absolute atomic E-state index is 11.7. The van der Waals surface area contributed by atoms with Crippen molar-refractivity contribution in [2.75, 3.05) is 11.9 Å². The minimum atomic E-state index is -0.951. The molecule has 0 fully saturated rings. The topological polar surface area (TPSA) is 87.1 Å². The average molecular weight is 445 g/mol. The predicted molar refractivity (Wildman–Crippen MR) is 128 cm³/mol. The smallest absolute Gasteiger partial charge is 0.335 e. The fourth-order valence-corrected chi connectivity index (χ4v) is 4.04. The SMILES string of the molecule is O=C(O)c1cc(NCC(Cc2ccccc2)NCc2cncs2)cc(-c2ccncc2)c1. The number of aromatic nitrogens is 2. The van der Waals surface area contributed by atoms with Crippen molar-refractivity contribution in [2.45, 2.75) is 19.0 Å². The van der Waals surface area contributed by atoms with Crippen LogP contribution in [0.2, 0.25) is 0 Å². The monoisotopic (exact) mass is 444 g/mol. The van der Waals surface area contributed by atoms with Gasteiger partial charge in [0.2, 0.25) is 0 Å². The minimum Gasteiger partial charge on any atom is -0.478 e. The lowest BCUT2D eigenvalue weighted by Gasteiger charge is -2.20. The number of hydrogen-bond donors (Lipinski definition) is 3. The second-order valence-electron chi connectivity index (χ2n) is 7.46. The first-order valence-corrected chi connectivity index (χ1v) is 11.2. The van der Waals surface area contributed by atoms with Gasteiger partial charge in [-0.15, -0.1) is 11.3 Å². The van der Waals surface area contributed by atoms with Crippen molar-refractivity contribution < 1.29 is 9.90 Å². The van der Waals surface area contributed by atoms with Gasteiger partial charge in [0.1, 0.15) is 0 Å². The van der Waals surface area contributed by atoms with E-state index in [1.807, 2.05) is 48.1 Å². The Bertz CT molecular complexity index is 1140.